The van der Waals surface area contributed by atoms with Gasteiger partial charge in [0, 0.05) is 43.1 Å². The highest BCUT2D eigenvalue weighted by Gasteiger charge is 2.33. The molecular weight excluding hydrogens is 544 g/mol. The van der Waals surface area contributed by atoms with Crippen molar-refractivity contribution in [2.45, 2.75) is 26.8 Å². The van der Waals surface area contributed by atoms with Crippen LogP contribution in [0.3, 0.4) is 0 Å². The Morgan fingerprint density at radius 2 is 1.90 bits per heavy atom. The normalized spacial score (nSPS) is 15.0. The Labute approximate surface area is 239 Å². The van der Waals surface area contributed by atoms with Gasteiger partial charge >= 0.3 is 5.97 Å². The lowest BCUT2D eigenvalue weighted by Gasteiger charge is -2.25. The Morgan fingerprint density at radius 1 is 1.17 bits per heavy atom. The summed E-state index contributed by atoms with van der Waals surface area (Å²) in [7, 11) is 3.87. The van der Waals surface area contributed by atoms with Crippen molar-refractivity contribution in [2.75, 3.05) is 25.6 Å². The number of carbonyl (C=O) groups excluding carboxylic acids is 1. The quantitative estimate of drug-likeness (QED) is 0.184. The number of nitro benzene ring substituents is 1. The van der Waals surface area contributed by atoms with E-state index in [1.807, 2.05) is 43.3 Å². The van der Waals surface area contributed by atoms with Gasteiger partial charge in [-0.05, 0) is 50.6 Å². The maximum atomic E-state index is 13.8. The van der Waals surface area contributed by atoms with E-state index in [0.29, 0.717) is 43.3 Å². The summed E-state index contributed by atoms with van der Waals surface area (Å²) >= 11 is 1.19. The van der Waals surface area contributed by atoms with Crippen molar-refractivity contribution in [1.29, 1.82) is 0 Å². The van der Waals surface area contributed by atoms with E-state index in [4.69, 9.17) is 9.15 Å². The van der Waals surface area contributed by atoms with Crippen LogP contribution in [0.25, 0.3) is 17.4 Å². The summed E-state index contributed by atoms with van der Waals surface area (Å²) in [4.78, 5) is 44.9. The predicted molar refractivity (Wildman–Crippen MR) is 157 cm³/mol. The van der Waals surface area contributed by atoms with E-state index in [1.54, 1.807) is 51.1 Å². The van der Waals surface area contributed by atoms with E-state index in [2.05, 4.69) is 4.99 Å². The van der Waals surface area contributed by atoms with Crippen molar-refractivity contribution in [3.63, 3.8) is 0 Å². The van der Waals surface area contributed by atoms with Crippen molar-refractivity contribution >= 4 is 34.8 Å². The highest BCUT2D eigenvalue weighted by molar-refractivity contribution is 7.07. The predicted octanol–water partition coefficient (Wildman–Crippen LogP) is 4.34. The van der Waals surface area contributed by atoms with Crippen LogP contribution < -0.4 is 19.8 Å². The van der Waals surface area contributed by atoms with Crippen molar-refractivity contribution in [3.05, 3.63) is 113 Å². The molecular formula is C30H28N4O6S. The zero-order chi connectivity index (χ0) is 29.4. The lowest BCUT2D eigenvalue weighted by molar-refractivity contribution is -0.385. The molecule has 0 aliphatic carbocycles. The van der Waals surface area contributed by atoms with Gasteiger partial charge in [-0.25, -0.2) is 9.79 Å². The van der Waals surface area contributed by atoms with Crippen LogP contribution in [0.15, 0.2) is 80.1 Å². The van der Waals surface area contributed by atoms with Gasteiger partial charge in [0.2, 0.25) is 0 Å². The summed E-state index contributed by atoms with van der Waals surface area (Å²) in [5.74, 6) is 0.320. The first-order valence-corrected chi connectivity index (χ1v) is 13.7. The molecule has 0 N–H and O–H groups in total. The van der Waals surface area contributed by atoms with Gasteiger partial charge in [0.25, 0.3) is 11.2 Å². The van der Waals surface area contributed by atoms with Gasteiger partial charge in [0.05, 0.1) is 33.4 Å². The largest absolute Gasteiger partial charge is 0.463 e. The maximum Gasteiger partial charge on any atom is 0.338 e. The number of benzene rings is 2. The molecule has 5 rings (SSSR count). The Kier molecular flexibility index (Phi) is 7.46. The molecule has 210 valence electrons. The number of esters is 1. The molecule has 0 radical (unpaired) electrons. The number of fused-ring (bicyclic) bond motifs is 1. The molecule has 2 aromatic heterocycles. The minimum absolute atomic E-state index is 0.000137. The number of aryl methyl sites for hydroxylation is 1. The fraction of sp³-hybridized carbons (Fsp3) is 0.233. The van der Waals surface area contributed by atoms with Gasteiger partial charge in [-0.1, -0.05) is 35.6 Å². The van der Waals surface area contributed by atoms with Gasteiger partial charge in [-0.2, -0.15) is 0 Å². The first kappa shape index (κ1) is 27.8. The Balaban J connectivity index is 1.61. The Bertz CT molecular complexity index is 1880. The van der Waals surface area contributed by atoms with Gasteiger partial charge in [-0.3, -0.25) is 19.5 Å². The second kappa shape index (κ2) is 11.0. The van der Waals surface area contributed by atoms with Gasteiger partial charge in [0.15, 0.2) is 4.80 Å². The summed E-state index contributed by atoms with van der Waals surface area (Å²) in [5, 5.41) is 11.4. The number of nitrogens with zero attached hydrogens (tertiary/aromatic N) is 4. The molecule has 1 aliphatic rings. The van der Waals surface area contributed by atoms with Gasteiger partial charge in [-0.15, -0.1) is 0 Å². The molecule has 41 heavy (non-hydrogen) atoms. The minimum atomic E-state index is -0.719. The van der Waals surface area contributed by atoms with Crippen LogP contribution >= 0.6 is 11.3 Å². The summed E-state index contributed by atoms with van der Waals surface area (Å²) in [6, 6.07) is 15.2. The zero-order valence-corrected chi connectivity index (χ0v) is 24.0. The van der Waals surface area contributed by atoms with E-state index >= 15 is 0 Å². The fourth-order valence-electron chi connectivity index (χ4n) is 4.74. The molecule has 10 nitrogen and oxygen atoms in total. The molecule has 11 heteroatoms. The molecule has 0 amide bonds. The third kappa shape index (κ3) is 5.23. The summed E-state index contributed by atoms with van der Waals surface area (Å²) in [5.41, 5.74) is 3.31. The molecule has 1 atom stereocenters. The average molecular weight is 573 g/mol. The molecule has 2 aromatic carbocycles. The topological polar surface area (TPSA) is 120 Å². The highest BCUT2D eigenvalue weighted by atomic mass is 32.1. The Hall–Kier alpha value is -4.77. The van der Waals surface area contributed by atoms with E-state index in [1.165, 1.54) is 22.0 Å². The Morgan fingerprint density at radius 3 is 2.56 bits per heavy atom. The number of hydrogen-bond donors (Lipinski definition) is 0. The number of nitro groups is 1. The molecule has 0 spiro atoms. The van der Waals surface area contributed by atoms with Crippen LogP contribution in [0.1, 0.15) is 36.8 Å². The number of carbonyl (C=O) groups is 1. The van der Waals surface area contributed by atoms with E-state index < -0.39 is 16.9 Å². The number of anilines is 1. The third-order valence-corrected chi connectivity index (χ3v) is 7.82. The van der Waals surface area contributed by atoms with Crippen LogP contribution in [0.4, 0.5) is 11.4 Å². The molecule has 0 saturated heterocycles. The molecule has 4 aromatic rings. The minimum Gasteiger partial charge on any atom is -0.463 e. The lowest BCUT2D eigenvalue weighted by Crippen LogP contribution is -2.39. The second-order valence-electron chi connectivity index (χ2n) is 9.75. The maximum absolute atomic E-state index is 13.8. The van der Waals surface area contributed by atoms with Crippen molar-refractivity contribution in [3.8, 4) is 11.3 Å². The van der Waals surface area contributed by atoms with Crippen LogP contribution in [-0.2, 0) is 9.53 Å². The summed E-state index contributed by atoms with van der Waals surface area (Å²) in [6.45, 7) is 5.34. The van der Waals surface area contributed by atoms with Crippen LogP contribution in [0.2, 0.25) is 0 Å². The van der Waals surface area contributed by atoms with Crippen molar-refractivity contribution < 1.29 is 18.9 Å². The number of thiazole rings is 1. The molecule has 0 unspecified atom stereocenters. The molecule has 0 saturated carbocycles. The first-order valence-electron chi connectivity index (χ1n) is 12.9. The zero-order valence-electron chi connectivity index (χ0n) is 23.2. The number of furan rings is 1. The standard InChI is InChI=1S/C30H28N4O6S/c1-6-39-29(36)26-18(3)31-30-33(27(26)19-9-11-21(12-10-19)32(4)5)28(35)25(41-30)16-22-13-14-24(40-22)20-8-7-17(2)23(15-20)34(37)38/h7-16,27H,6H2,1-5H3/b25-16-/t27-/m0/s1. The van der Waals surface area contributed by atoms with Crippen LogP contribution in [0.5, 0.6) is 0 Å². The van der Waals surface area contributed by atoms with Crippen LogP contribution in [-0.4, -0.2) is 36.2 Å². The van der Waals surface area contributed by atoms with E-state index in [0.717, 1.165) is 11.3 Å². The van der Waals surface area contributed by atoms with Gasteiger partial charge < -0.3 is 14.1 Å². The third-order valence-electron chi connectivity index (χ3n) is 6.83. The molecule has 1 aliphatic heterocycles. The molecule has 0 fully saturated rings. The first-order chi connectivity index (χ1) is 19.6. The van der Waals surface area contributed by atoms with Crippen LogP contribution in [0, 0.1) is 17.0 Å². The van der Waals surface area contributed by atoms with E-state index in [-0.39, 0.29) is 17.9 Å². The summed E-state index contributed by atoms with van der Waals surface area (Å²) in [6.07, 6.45) is 1.62. The number of hydrogen-bond acceptors (Lipinski definition) is 9. The van der Waals surface area contributed by atoms with Gasteiger partial charge in [0.1, 0.15) is 11.5 Å². The number of aromatic nitrogens is 1. The van der Waals surface area contributed by atoms with Crippen molar-refractivity contribution in [2.24, 2.45) is 4.99 Å². The monoisotopic (exact) mass is 572 g/mol. The SMILES string of the molecule is CCOC(=O)C1=C(C)N=c2s/c(=C\c3ccc(-c4ccc(C)c([N+](=O)[O-])c4)o3)c(=O)n2[C@H]1c1ccc(N(C)C)cc1. The second-order valence-corrected chi connectivity index (χ2v) is 10.8. The number of ether oxygens (including phenoxy) is 1. The van der Waals surface area contributed by atoms with E-state index in [9.17, 15) is 19.7 Å². The molecule has 0 bridgehead atoms. The number of allylic oxidation sites excluding steroid dienone is 1. The average Bonchev–Trinajstić information content (AvgIpc) is 3.52. The highest BCUT2D eigenvalue weighted by Crippen LogP contribution is 2.32. The molecule has 3 heterocycles. The van der Waals surface area contributed by atoms with Crippen molar-refractivity contribution in [1.82, 2.24) is 4.57 Å². The smallest absolute Gasteiger partial charge is 0.338 e. The lowest BCUT2D eigenvalue weighted by atomic mass is 9.95. The fourth-order valence-corrected chi connectivity index (χ4v) is 5.76. The summed E-state index contributed by atoms with van der Waals surface area (Å²) < 4.78 is 13.2. The number of rotatable bonds is 7.